The Labute approximate surface area is 125 Å². The quantitative estimate of drug-likeness (QED) is 0.569. The summed E-state index contributed by atoms with van der Waals surface area (Å²) >= 11 is 0. The molecule has 0 bridgehead atoms. The van der Waals surface area contributed by atoms with Crippen LogP contribution >= 0.6 is 0 Å². The second-order valence-corrected chi connectivity index (χ2v) is 4.73. The predicted octanol–water partition coefficient (Wildman–Crippen LogP) is 2.99. The lowest BCUT2D eigenvalue weighted by Crippen LogP contribution is -1.91. The molecule has 0 aliphatic heterocycles. The molecule has 0 atom stereocenters. The predicted molar refractivity (Wildman–Crippen MR) is 79.4 cm³/mol. The molecule has 5 nitrogen and oxygen atoms in total. The van der Waals surface area contributed by atoms with Gasteiger partial charge in [0.15, 0.2) is 5.65 Å². The van der Waals surface area contributed by atoms with E-state index in [4.69, 9.17) is 0 Å². The molecular formula is C16H10FN5. The van der Waals surface area contributed by atoms with Crippen LogP contribution in [0.25, 0.3) is 28.2 Å². The number of rotatable bonds is 2. The highest BCUT2D eigenvalue weighted by molar-refractivity contribution is 5.88. The van der Waals surface area contributed by atoms with Crippen LogP contribution in [0.4, 0.5) is 4.39 Å². The number of pyridine rings is 1. The van der Waals surface area contributed by atoms with Gasteiger partial charge < -0.3 is 0 Å². The molecule has 0 saturated carbocycles. The number of benzene rings is 1. The molecule has 0 N–H and O–H groups in total. The van der Waals surface area contributed by atoms with Crippen molar-refractivity contribution < 1.29 is 4.39 Å². The Bertz CT molecular complexity index is 932. The molecule has 0 fully saturated rings. The summed E-state index contributed by atoms with van der Waals surface area (Å²) in [5.41, 5.74) is 3.63. The van der Waals surface area contributed by atoms with Crippen molar-refractivity contribution in [2.45, 2.75) is 0 Å². The first kappa shape index (κ1) is 12.6. The molecule has 0 radical (unpaired) electrons. The van der Waals surface area contributed by atoms with Gasteiger partial charge in [0.05, 0.1) is 23.7 Å². The first-order chi connectivity index (χ1) is 10.8. The SMILES string of the molecule is Fc1ccc(-c2nn3ccnnc3c2-c2ccccn2)cc1. The van der Waals surface area contributed by atoms with Crippen molar-refractivity contribution in [3.63, 3.8) is 0 Å². The van der Waals surface area contributed by atoms with Gasteiger partial charge in [0.1, 0.15) is 11.5 Å². The molecule has 0 spiro atoms. The summed E-state index contributed by atoms with van der Waals surface area (Å²) in [6.45, 7) is 0. The third-order valence-corrected chi connectivity index (χ3v) is 3.35. The smallest absolute Gasteiger partial charge is 0.187 e. The number of aromatic nitrogens is 5. The summed E-state index contributed by atoms with van der Waals surface area (Å²) in [4.78, 5) is 4.38. The van der Waals surface area contributed by atoms with Gasteiger partial charge in [-0.1, -0.05) is 6.07 Å². The standard InChI is InChI=1S/C16H10FN5/c17-12-6-4-11(5-7-12)15-14(13-3-1-2-8-18-13)16-20-19-9-10-22(16)21-15/h1-10H. The summed E-state index contributed by atoms with van der Waals surface area (Å²) in [6, 6.07) is 11.8. The minimum Gasteiger partial charge on any atom is -0.256 e. The topological polar surface area (TPSA) is 56.0 Å². The molecule has 0 saturated heterocycles. The van der Waals surface area contributed by atoms with E-state index in [0.29, 0.717) is 11.3 Å². The molecular weight excluding hydrogens is 281 g/mol. The van der Waals surface area contributed by atoms with Crippen molar-refractivity contribution >= 4 is 5.65 Å². The number of hydrogen-bond acceptors (Lipinski definition) is 4. The Hall–Kier alpha value is -3.15. The first-order valence-corrected chi connectivity index (χ1v) is 6.70. The van der Waals surface area contributed by atoms with Gasteiger partial charge in [0.2, 0.25) is 0 Å². The van der Waals surface area contributed by atoms with E-state index in [1.807, 2.05) is 18.2 Å². The third kappa shape index (κ3) is 2.01. The lowest BCUT2D eigenvalue weighted by Gasteiger charge is -2.02. The maximum Gasteiger partial charge on any atom is 0.187 e. The molecule has 3 aromatic heterocycles. The summed E-state index contributed by atoms with van der Waals surface area (Å²) in [6.07, 6.45) is 5.00. The minimum atomic E-state index is -0.285. The van der Waals surface area contributed by atoms with Gasteiger partial charge in [-0.15, -0.1) is 5.10 Å². The van der Waals surface area contributed by atoms with E-state index in [1.54, 1.807) is 35.2 Å². The van der Waals surface area contributed by atoms with Gasteiger partial charge in [0.25, 0.3) is 0 Å². The Morgan fingerprint density at radius 3 is 2.59 bits per heavy atom. The summed E-state index contributed by atoms with van der Waals surface area (Å²) in [5, 5.41) is 12.6. The molecule has 4 aromatic rings. The van der Waals surface area contributed by atoms with Crippen LogP contribution in [-0.4, -0.2) is 24.8 Å². The summed E-state index contributed by atoms with van der Waals surface area (Å²) < 4.78 is 14.8. The zero-order valence-electron chi connectivity index (χ0n) is 11.4. The highest BCUT2D eigenvalue weighted by Gasteiger charge is 2.18. The van der Waals surface area contributed by atoms with Crippen LogP contribution in [0.15, 0.2) is 61.1 Å². The van der Waals surface area contributed by atoms with Gasteiger partial charge in [-0.2, -0.15) is 10.2 Å². The highest BCUT2D eigenvalue weighted by atomic mass is 19.1. The van der Waals surface area contributed by atoms with Crippen LogP contribution in [0.2, 0.25) is 0 Å². The highest BCUT2D eigenvalue weighted by Crippen LogP contribution is 2.32. The van der Waals surface area contributed by atoms with E-state index in [2.05, 4.69) is 20.3 Å². The lowest BCUT2D eigenvalue weighted by molar-refractivity contribution is 0.628. The largest absolute Gasteiger partial charge is 0.256 e. The average Bonchev–Trinajstić information content (AvgIpc) is 2.96. The fourth-order valence-electron chi connectivity index (χ4n) is 2.36. The molecule has 3 heterocycles. The third-order valence-electron chi connectivity index (χ3n) is 3.35. The summed E-state index contributed by atoms with van der Waals surface area (Å²) in [5.74, 6) is -0.285. The Morgan fingerprint density at radius 2 is 1.82 bits per heavy atom. The van der Waals surface area contributed by atoms with E-state index in [1.165, 1.54) is 12.1 Å². The van der Waals surface area contributed by atoms with E-state index < -0.39 is 0 Å². The number of halogens is 1. The Balaban J connectivity index is 2.04. The van der Waals surface area contributed by atoms with Crippen LogP contribution < -0.4 is 0 Å². The van der Waals surface area contributed by atoms with Crippen molar-refractivity contribution in [3.8, 4) is 22.5 Å². The van der Waals surface area contributed by atoms with Gasteiger partial charge in [-0.05, 0) is 36.4 Å². The average molecular weight is 291 g/mol. The van der Waals surface area contributed by atoms with Crippen LogP contribution in [0.1, 0.15) is 0 Å². The van der Waals surface area contributed by atoms with Crippen LogP contribution in [0.5, 0.6) is 0 Å². The van der Waals surface area contributed by atoms with E-state index in [9.17, 15) is 4.39 Å². The number of hydrogen-bond donors (Lipinski definition) is 0. The van der Waals surface area contributed by atoms with Gasteiger partial charge >= 0.3 is 0 Å². The second-order valence-electron chi connectivity index (χ2n) is 4.73. The van der Waals surface area contributed by atoms with E-state index in [-0.39, 0.29) is 5.82 Å². The van der Waals surface area contributed by atoms with Crippen LogP contribution in [0, 0.1) is 5.82 Å². The van der Waals surface area contributed by atoms with Crippen molar-refractivity contribution in [2.24, 2.45) is 0 Å². The zero-order chi connectivity index (χ0) is 14.9. The fourth-order valence-corrected chi connectivity index (χ4v) is 2.36. The van der Waals surface area contributed by atoms with E-state index >= 15 is 0 Å². The molecule has 106 valence electrons. The monoisotopic (exact) mass is 291 g/mol. The molecule has 0 aliphatic rings. The van der Waals surface area contributed by atoms with Crippen molar-refractivity contribution in [2.75, 3.05) is 0 Å². The molecule has 4 rings (SSSR count). The summed E-state index contributed by atoms with van der Waals surface area (Å²) in [7, 11) is 0. The maximum atomic E-state index is 13.2. The fraction of sp³-hybridized carbons (Fsp3) is 0. The molecule has 22 heavy (non-hydrogen) atoms. The van der Waals surface area contributed by atoms with E-state index in [0.717, 1.165) is 16.8 Å². The molecule has 6 heteroatoms. The second kappa shape index (κ2) is 5.00. The maximum absolute atomic E-state index is 13.2. The number of fused-ring (bicyclic) bond motifs is 1. The van der Waals surface area contributed by atoms with Crippen LogP contribution in [0.3, 0.4) is 0 Å². The minimum absolute atomic E-state index is 0.285. The molecule has 0 amide bonds. The van der Waals surface area contributed by atoms with Crippen LogP contribution in [-0.2, 0) is 0 Å². The lowest BCUT2D eigenvalue weighted by atomic mass is 10.1. The normalized spacial score (nSPS) is 11.0. The van der Waals surface area contributed by atoms with Gasteiger partial charge in [-0.3, -0.25) is 4.98 Å². The Morgan fingerprint density at radius 1 is 0.955 bits per heavy atom. The molecule has 1 aromatic carbocycles. The Kier molecular flexibility index (Phi) is 2.86. The van der Waals surface area contributed by atoms with Crippen molar-refractivity contribution in [3.05, 3.63) is 66.9 Å². The van der Waals surface area contributed by atoms with Crippen molar-refractivity contribution in [1.82, 2.24) is 24.8 Å². The molecule has 0 aliphatic carbocycles. The zero-order valence-corrected chi connectivity index (χ0v) is 11.4. The first-order valence-electron chi connectivity index (χ1n) is 6.70. The van der Waals surface area contributed by atoms with Gasteiger partial charge in [-0.25, -0.2) is 8.91 Å². The van der Waals surface area contributed by atoms with Gasteiger partial charge in [0, 0.05) is 11.8 Å². The number of nitrogens with zero attached hydrogens (tertiary/aromatic N) is 5. The van der Waals surface area contributed by atoms with Crippen molar-refractivity contribution in [1.29, 1.82) is 0 Å². The molecule has 0 unspecified atom stereocenters.